The minimum absolute atomic E-state index is 0.0469. The second-order valence-corrected chi connectivity index (χ2v) is 9.25. The number of hydrogen-bond acceptors (Lipinski definition) is 4. The zero-order valence-corrected chi connectivity index (χ0v) is 18.9. The summed E-state index contributed by atoms with van der Waals surface area (Å²) in [5, 5.41) is 0. The van der Waals surface area contributed by atoms with Gasteiger partial charge >= 0.3 is 0 Å². The summed E-state index contributed by atoms with van der Waals surface area (Å²) in [7, 11) is -4.06. The average molecular weight is 438 g/mol. The maximum Gasteiger partial charge on any atom is 0.270 e. The fraction of sp³-hybridized carbons (Fsp3) is 0.240. The van der Waals surface area contributed by atoms with E-state index in [-0.39, 0.29) is 11.3 Å². The molecule has 0 aromatic heterocycles. The van der Waals surface area contributed by atoms with Gasteiger partial charge < -0.3 is 4.74 Å². The van der Waals surface area contributed by atoms with Crippen LogP contribution in [0.1, 0.15) is 29.5 Å². The van der Waals surface area contributed by atoms with Gasteiger partial charge in [0.05, 0.1) is 17.2 Å². The third-order valence-corrected chi connectivity index (χ3v) is 6.88. The van der Waals surface area contributed by atoms with Gasteiger partial charge in [0.15, 0.2) is 0 Å². The smallest absolute Gasteiger partial charge is 0.270 e. The third kappa shape index (κ3) is 5.33. The van der Waals surface area contributed by atoms with Crippen LogP contribution in [-0.2, 0) is 14.8 Å². The molecule has 31 heavy (non-hydrogen) atoms. The van der Waals surface area contributed by atoms with Gasteiger partial charge in [-0.25, -0.2) is 12.7 Å². The van der Waals surface area contributed by atoms with Crippen LogP contribution in [-0.4, -0.2) is 20.9 Å². The van der Waals surface area contributed by atoms with Crippen LogP contribution in [0.3, 0.4) is 0 Å². The Morgan fingerprint density at radius 1 is 0.871 bits per heavy atom. The molecule has 0 radical (unpaired) electrons. The van der Waals surface area contributed by atoms with Crippen LogP contribution in [0, 0.1) is 20.8 Å². The van der Waals surface area contributed by atoms with Crippen LogP contribution in [0.4, 0.5) is 5.69 Å². The van der Waals surface area contributed by atoms with E-state index in [1.807, 2.05) is 57.2 Å². The van der Waals surface area contributed by atoms with Crippen LogP contribution < -0.4 is 9.04 Å². The molecule has 6 heteroatoms. The van der Waals surface area contributed by atoms with Crippen molar-refractivity contribution in [1.82, 2.24) is 0 Å². The van der Waals surface area contributed by atoms with Gasteiger partial charge in [-0.2, -0.15) is 0 Å². The van der Waals surface area contributed by atoms with Gasteiger partial charge in [-0.05, 0) is 68.7 Å². The van der Waals surface area contributed by atoms with Crippen molar-refractivity contribution in [3.63, 3.8) is 0 Å². The van der Waals surface area contributed by atoms with Crippen molar-refractivity contribution < 1.29 is 17.9 Å². The Balaban J connectivity index is 1.86. The number of amides is 1. The number of nitrogens with zero attached hydrogens (tertiary/aromatic N) is 1. The number of carbonyl (C=O) groups is 1. The molecule has 0 spiro atoms. The first-order valence-electron chi connectivity index (χ1n) is 10.2. The Hall–Kier alpha value is -3.12. The fourth-order valence-electron chi connectivity index (χ4n) is 3.20. The number of anilines is 1. The molecular weight excluding hydrogens is 410 g/mol. The zero-order valence-electron chi connectivity index (χ0n) is 18.0. The van der Waals surface area contributed by atoms with Crippen molar-refractivity contribution in [1.29, 1.82) is 0 Å². The van der Waals surface area contributed by atoms with Gasteiger partial charge in [0.25, 0.3) is 10.0 Å². The minimum atomic E-state index is -4.06. The Morgan fingerprint density at radius 2 is 1.55 bits per heavy atom. The first-order chi connectivity index (χ1) is 14.8. The molecule has 0 fully saturated rings. The van der Waals surface area contributed by atoms with E-state index in [4.69, 9.17) is 4.74 Å². The number of rotatable bonds is 8. The van der Waals surface area contributed by atoms with Crippen molar-refractivity contribution in [2.45, 2.75) is 38.5 Å². The molecule has 0 bridgehead atoms. The van der Waals surface area contributed by atoms with Gasteiger partial charge in [0.1, 0.15) is 5.75 Å². The lowest BCUT2D eigenvalue weighted by Crippen LogP contribution is -2.37. The van der Waals surface area contributed by atoms with Crippen LogP contribution in [0.15, 0.2) is 77.7 Å². The standard InChI is InChI=1S/C25H27NO4S/c1-19-14-16-23(17-15-19)31(28,29)26(24-12-7-9-20(2)21(24)3)25(27)13-8-18-30-22-10-5-4-6-11-22/h4-7,9-12,14-17H,8,13,18H2,1-3H3. The number of para-hydroxylation sites is 1. The Morgan fingerprint density at radius 3 is 2.23 bits per heavy atom. The Kier molecular flexibility index (Phi) is 7.13. The first kappa shape index (κ1) is 22.6. The van der Waals surface area contributed by atoms with Crippen LogP contribution in [0.5, 0.6) is 5.75 Å². The predicted molar refractivity (Wildman–Crippen MR) is 123 cm³/mol. The van der Waals surface area contributed by atoms with E-state index in [1.54, 1.807) is 24.3 Å². The number of ether oxygens (including phenoxy) is 1. The lowest BCUT2D eigenvalue weighted by atomic mass is 10.1. The van der Waals surface area contributed by atoms with Gasteiger partial charge in [-0.15, -0.1) is 0 Å². The number of aryl methyl sites for hydroxylation is 2. The maximum absolute atomic E-state index is 13.5. The highest BCUT2D eigenvalue weighted by molar-refractivity contribution is 7.93. The van der Waals surface area contributed by atoms with Crippen molar-refractivity contribution >= 4 is 21.6 Å². The van der Waals surface area contributed by atoms with E-state index in [0.29, 0.717) is 24.5 Å². The van der Waals surface area contributed by atoms with Gasteiger partial charge in [0.2, 0.25) is 5.91 Å². The zero-order chi connectivity index (χ0) is 22.4. The first-order valence-corrected chi connectivity index (χ1v) is 11.6. The molecule has 5 nitrogen and oxygen atoms in total. The maximum atomic E-state index is 13.5. The highest BCUT2D eigenvalue weighted by Gasteiger charge is 2.31. The second kappa shape index (κ2) is 9.79. The fourth-order valence-corrected chi connectivity index (χ4v) is 4.71. The molecule has 0 saturated carbocycles. The summed E-state index contributed by atoms with van der Waals surface area (Å²) in [6.45, 7) is 5.93. The van der Waals surface area contributed by atoms with E-state index in [1.165, 1.54) is 12.1 Å². The number of hydrogen-bond donors (Lipinski definition) is 0. The van der Waals surface area contributed by atoms with Crippen molar-refractivity contribution in [2.24, 2.45) is 0 Å². The lowest BCUT2D eigenvalue weighted by molar-refractivity contribution is -0.117. The molecule has 162 valence electrons. The van der Waals surface area contributed by atoms with Crippen LogP contribution in [0.2, 0.25) is 0 Å². The van der Waals surface area contributed by atoms with Gasteiger partial charge in [0, 0.05) is 6.42 Å². The van der Waals surface area contributed by atoms with Crippen molar-refractivity contribution in [3.8, 4) is 5.75 Å². The topological polar surface area (TPSA) is 63.7 Å². The summed E-state index contributed by atoms with van der Waals surface area (Å²) in [5.74, 6) is 0.236. The van der Waals surface area contributed by atoms with E-state index in [9.17, 15) is 13.2 Å². The molecule has 0 atom stereocenters. The minimum Gasteiger partial charge on any atom is -0.494 e. The monoisotopic (exact) mass is 437 g/mol. The molecule has 0 heterocycles. The Labute approximate surface area is 184 Å². The van der Waals surface area contributed by atoms with E-state index in [2.05, 4.69) is 0 Å². The third-order valence-electron chi connectivity index (χ3n) is 5.13. The van der Waals surface area contributed by atoms with E-state index >= 15 is 0 Å². The molecule has 3 aromatic rings. The number of carbonyl (C=O) groups excluding carboxylic acids is 1. The molecule has 3 rings (SSSR count). The Bertz CT molecular complexity index is 1140. The van der Waals surface area contributed by atoms with E-state index < -0.39 is 15.9 Å². The van der Waals surface area contributed by atoms with Crippen LogP contribution >= 0.6 is 0 Å². The molecule has 1 amide bonds. The molecule has 0 N–H and O–H groups in total. The van der Waals surface area contributed by atoms with Crippen molar-refractivity contribution in [3.05, 3.63) is 89.5 Å². The quantitative estimate of drug-likeness (QED) is 0.455. The molecule has 3 aromatic carbocycles. The normalized spacial score (nSPS) is 11.2. The SMILES string of the molecule is Cc1ccc(S(=O)(=O)N(C(=O)CCCOc2ccccc2)c2cccc(C)c2C)cc1. The summed E-state index contributed by atoms with van der Waals surface area (Å²) in [6.07, 6.45) is 0.448. The highest BCUT2D eigenvalue weighted by Crippen LogP contribution is 2.29. The molecule has 0 saturated heterocycles. The molecule has 0 unspecified atom stereocenters. The summed E-state index contributed by atoms with van der Waals surface area (Å²) in [4.78, 5) is 13.3. The van der Waals surface area contributed by atoms with Crippen molar-refractivity contribution in [2.75, 3.05) is 10.9 Å². The number of benzene rings is 3. The summed E-state index contributed by atoms with van der Waals surface area (Å²) in [6, 6.07) is 21.2. The number of sulfonamides is 1. The van der Waals surface area contributed by atoms with Crippen LogP contribution in [0.25, 0.3) is 0 Å². The van der Waals surface area contributed by atoms with E-state index in [0.717, 1.165) is 21.0 Å². The summed E-state index contributed by atoms with van der Waals surface area (Å²) in [5.41, 5.74) is 3.00. The summed E-state index contributed by atoms with van der Waals surface area (Å²) < 4.78 is 33.5. The molecule has 0 aliphatic carbocycles. The lowest BCUT2D eigenvalue weighted by Gasteiger charge is -2.25. The predicted octanol–water partition coefficient (Wildman–Crippen LogP) is 5.19. The van der Waals surface area contributed by atoms with Gasteiger partial charge in [-0.1, -0.05) is 48.0 Å². The molecule has 0 aliphatic rings. The molecule has 0 aliphatic heterocycles. The molecular formula is C25H27NO4S. The van der Waals surface area contributed by atoms with Gasteiger partial charge in [-0.3, -0.25) is 4.79 Å². The highest BCUT2D eigenvalue weighted by atomic mass is 32.2. The largest absolute Gasteiger partial charge is 0.494 e. The summed E-state index contributed by atoms with van der Waals surface area (Å²) >= 11 is 0. The average Bonchev–Trinajstić information content (AvgIpc) is 2.75. The second-order valence-electron chi connectivity index (χ2n) is 7.46.